The van der Waals surface area contributed by atoms with E-state index in [1.807, 2.05) is 26.0 Å². The van der Waals surface area contributed by atoms with E-state index < -0.39 is 11.9 Å². The summed E-state index contributed by atoms with van der Waals surface area (Å²) in [5, 5.41) is 8.93. The molecule has 2 rings (SSSR count). The SMILES string of the molecule is Cc1cc2nc(SOC(=O)CCC(=O)O)[nH]c2cc1C. The molecule has 0 aliphatic heterocycles. The van der Waals surface area contributed by atoms with Crippen LogP contribution in [0.4, 0.5) is 0 Å². The van der Waals surface area contributed by atoms with Gasteiger partial charge in [-0.25, -0.2) is 4.98 Å². The van der Waals surface area contributed by atoms with Crippen LogP contribution in [-0.2, 0) is 13.8 Å². The molecular formula is C13H14N2O4S. The predicted octanol–water partition coefficient (Wildman–Crippen LogP) is 2.59. The van der Waals surface area contributed by atoms with Gasteiger partial charge in [-0.2, -0.15) is 0 Å². The number of aliphatic carboxylic acids is 1. The first-order valence-electron chi connectivity index (χ1n) is 6.02. The van der Waals surface area contributed by atoms with Gasteiger partial charge in [0.15, 0.2) is 0 Å². The van der Waals surface area contributed by atoms with Gasteiger partial charge in [-0.15, -0.1) is 0 Å². The molecule has 1 heterocycles. The number of nitrogens with one attached hydrogen (secondary N) is 1. The number of aromatic amines is 1. The molecule has 0 amide bonds. The van der Waals surface area contributed by atoms with Crippen molar-refractivity contribution in [3.05, 3.63) is 23.3 Å². The van der Waals surface area contributed by atoms with E-state index in [1.165, 1.54) is 0 Å². The van der Waals surface area contributed by atoms with Crippen LogP contribution in [0, 0.1) is 13.8 Å². The molecule has 20 heavy (non-hydrogen) atoms. The van der Waals surface area contributed by atoms with Gasteiger partial charge in [0.1, 0.15) is 12.0 Å². The van der Waals surface area contributed by atoms with E-state index in [2.05, 4.69) is 9.97 Å². The minimum Gasteiger partial charge on any atom is -0.481 e. The third-order valence-electron chi connectivity index (χ3n) is 2.83. The number of benzene rings is 1. The van der Waals surface area contributed by atoms with E-state index in [1.54, 1.807) is 0 Å². The van der Waals surface area contributed by atoms with Gasteiger partial charge in [0.2, 0.25) is 5.16 Å². The number of H-pyrrole nitrogens is 1. The van der Waals surface area contributed by atoms with Crippen LogP contribution in [0.25, 0.3) is 11.0 Å². The number of nitrogens with zero attached hydrogens (tertiary/aromatic N) is 1. The van der Waals surface area contributed by atoms with Crippen LogP contribution in [0.5, 0.6) is 0 Å². The fourth-order valence-electron chi connectivity index (χ4n) is 1.62. The number of aryl methyl sites for hydroxylation is 2. The first kappa shape index (κ1) is 14.4. The Morgan fingerprint density at radius 2 is 2.00 bits per heavy atom. The van der Waals surface area contributed by atoms with Crippen LogP contribution in [-0.4, -0.2) is 27.0 Å². The fourth-order valence-corrected chi connectivity index (χ4v) is 2.16. The molecule has 0 bridgehead atoms. The summed E-state index contributed by atoms with van der Waals surface area (Å²) in [5.41, 5.74) is 3.96. The molecule has 0 spiro atoms. The minimum atomic E-state index is -1.03. The second kappa shape index (κ2) is 5.96. The molecule has 7 heteroatoms. The summed E-state index contributed by atoms with van der Waals surface area (Å²) >= 11 is 0.809. The molecule has 0 radical (unpaired) electrons. The number of hydrogen-bond acceptors (Lipinski definition) is 5. The molecule has 0 unspecified atom stereocenters. The molecule has 2 N–H and O–H groups in total. The van der Waals surface area contributed by atoms with Crippen molar-refractivity contribution in [1.82, 2.24) is 9.97 Å². The Labute approximate surface area is 119 Å². The highest BCUT2D eigenvalue weighted by Gasteiger charge is 2.11. The summed E-state index contributed by atoms with van der Waals surface area (Å²) in [4.78, 5) is 29.0. The van der Waals surface area contributed by atoms with E-state index in [-0.39, 0.29) is 12.8 Å². The normalized spacial score (nSPS) is 10.7. The standard InChI is InChI=1S/C13H14N2O4S/c1-7-5-9-10(6-8(7)2)15-13(14-9)20-19-12(18)4-3-11(16)17/h5-6H,3-4H2,1-2H3,(H,14,15)(H,16,17). The van der Waals surface area contributed by atoms with Crippen molar-refractivity contribution in [2.24, 2.45) is 0 Å². The van der Waals surface area contributed by atoms with Crippen molar-refractivity contribution in [2.45, 2.75) is 31.8 Å². The lowest BCUT2D eigenvalue weighted by Gasteiger charge is -1.98. The van der Waals surface area contributed by atoms with Gasteiger partial charge in [0, 0.05) is 0 Å². The van der Waals surface area contributed by atoms with Crippen molar-refractivity contribution >= 4 is 35.0 Å². The molecule has 1 aromatic carbocycles. The molecule has 0 fully saturated rings. The molecule has 1 aromatic heterocycles. The van der Waals surface area contributed by atoms with Gasteiger partial charge in [0.25, 0.3) is 0 Å². The van der Waals surface area contributed by atoms with Gasteiger partial charge in [-0.1, -0.05) is 0 Å². The smallest absolute Gasteiger partial charge is 0.318 e. The fraction of sp³-hybridized carbons (Fsp3) is 0.308. The number of carboxylic acid groups (broad SMARTS) is 1. The second-order valence-electron chi connectivity index (χ2n) is 4.43. The highest BCUT2D eigenvalue weighted by molar-refractivity contribution is 7.94. The maximum atomic E-state index is 11.3. The van der Waals surface area contributed by atoms with Gasteiger partial charge >= 0.3 is 11.9 Å². The number of rotatable bonds is 5. The molecule has 6 nitrogen and oxygen atoms in total. The Bertz CT molecular complexity index is 627. The zero-order chi connectivity index (χ0) is 14.7. The number of carbonyl (C=O) groups is 2. The maximum Gasteiger partial charge on any atom is 0.318 e. The number of aromatic nitrogens is 2. The van der Waals surface area contributed by atoms with E-state index in [9.17, 15) is 9.59 Å². The molecule has 106 valence electrons. The summed E-state index contributed by atoms with van der Waals surface area (Å²) in [7, 11) is 0. The topological polar surface area (TPSA) is 92.3 Å². The second-order valence-corrected chi connectivity index (χ2v) is 5.15. The van der Waals surface area contributed by atoms with Gasteiger partial charge in [0.05, 0.1) is 23.9 Å². The number of carboxylic acids is 1. The van der Waals surface area contributed by atoms with E-state index in [0.717, 1.165) is 34.2 Å². The quantitative estimate of drug-likeness (QED) is 0.823. The Balaban J connectivity index is 2.00. The van der Waals surface area contributed by atoms with Crippen LogP contribution in [0.1, 0.15) is 24.0 Å². The first-order chi connectivity index (χ1) is 9.45. The van der Waals surface area contributed by atoms with Gasteiger partial charge < -0.3 is 14.3 Å². The highest BCUT2D eigenvalue weighted by atomic mass is 32.2. The van der Waals surface area contributed by atoms with Crippen LogP contribution < -0.4 is 0 Å². The highest BCUT2D eigenvalue weighted by Crippen LogP contribution is 2.23. The molecule has 0 atom stereocenters. The lowest BCUT2D eigenvalue weighted by molar-refractivity contribution is -0.141. The molecule has 2 aromatic rings. The molecule has 0 aliphatic rings. The number of carbonyl (C=O) groups excluding carboxylic acids is 1. The third-order valence-corrected chi connectivity index (χ3v) is 3.45. The van der Waals surface area contributed by atoms with Crippen LogP contribution in [0.15, 0.2) is 17.3 Å². The van der Waals surface area contributed by atoms with Crippen molar-refractivity contribution in [2.75, 3.05) is 0 Å². The average molecular weight is 294 g/mol. The monoisotopic (exact) mass is 294 g/mol. The largest absolute Gasteiger partial charge is 0.481 e. The number of imidazole rings is 1. The van der Waals surface area contributed by atoms with Gasteiger partial charge in [-0.05, 0) is 37.1 Å². The summed E-state index contributed by atoms with van der Waals surface area (Å²) in [5.74, 6) is -1.60. The van der Waals surface area contributed by atoms with E-state index >= 15 is 0 Å². The summed E-state index contributed by atoms with van der Waals surface area (Å²) < 4.78 is 4.89. The molecule has 0 aliphatic carbocycles. The Kier molecular flexibility index (Phi) is 4.29. The maximum absolute atomic E-state index is 11.3. The zero-order valence-corrected chi connectivity index (χ0v) is 11.9. The van der Waals surface area contributed by atoms with E-state index in [4.69, 9.17) is 9.29 Å². The van der Waals surface area contributed by atoms with Crippen LogP contribution >= 0.6 is 12.0 Å². The Morgan fingerprint density at radius 3 is 2.70 bits per heavy atom. The third kappa shape index (κ3) is 3.51. The lowest BCUT2D eigenvalue weighted by atomic mass is 10.1. The van der Waals surface area contributed by atoms with Crippen molar-refractivity contribution in [3.8, 4) is 0 Å². The zero-order valence-electron chi connectivity index (χ0n) is 11.1. The average Bonchev–Trinajstić information content (AvgIpc) is 2.76. The number of hydrogen-bond donors (Lipinski definition) is 2. The summed E-state index contributed by atoms with van der Waals surface area (Å²) in [6, 6.07) is 3.94. The summed E-state index contributed by atoms with van der Waals surface area (Å²) in [6.07, 6.45) is -0.390. The molecule has 0 saturated heterocycles. The van der Waals surface area contributed by atoms with Crippen molar-refractivity contribution < 1.29 is 18.9 Å². The molecule has 0 saturated carbocycles. The Hall–Kier alpha value is -2.02. The Morgan fingerprint density at radius 1 is 1.30 bits per heavy atom. The number of fused-ring (bicyclic) bond motifs is 1. The van der Waals surface area contributed by atoms with Crippen molar-refractivity contribution in [1.29, 1.82) is 0 Å². The minimum absolute atomic E-state index is 0.152. The summed E-state index contributed by atoms with van der Waals surface area (Å²) in [6.45, 7) is 4.01. The van der Waals surface area contributed by atoms with E-state index in [0.29, 0.717) is 5.16 Å². The van der Waals surface area contributed by atoms with Crippen molar-refractivity contribution in [3.63, 3.8) is 0 Å². The lowest BCUT2D eigenvalue weighted by Crippen LogP contribution is -2.03. The predicted molar refractivity (Wildman–Crippen MR) is 74.4 cm³/mol. The van der Waals surface area contributed by atoms with Gasteiger partial charge in [-0.3, -0.25) is 9.59 Å². The van der Waals surface area contributed by atoms with Crippen LogP contribution in [0.3, 0.4) is 0 Å². The molecular weight excluding hydrogens is 280 g/mol. The first-order valence-corrected chi connectivity index (χ1v) is 6.76. The van der Waals surface area contributed by atoms with Crippen LogP contribution in [0.2, 0.25) is 0 Å².